The van der Waals surface area contributed by atoms with Crippen molar-refractivity contribution >= 4 is 5.82 Å². The van der Waals surface area contributed by atoms with Gasteiger partial charge in [-0.25, -0.2) is 9.97 Å². The zero-order valence-corrected chi connectivity index (χ0v) is 16.2. The smallest absolute Gasteiger partial charge is 0.383 e. The Kier molecular flexibility index (Phi) is 3.58. The van der Waals surface area contributed by atoms with Crippen molar-refractivity contribution < 1.29 is 26.3 Å². The molecule has 2 aromatic rings. The first-order valence-electron chi connectivity index (χ1n) is 10.2. The van der Waals surface area contributed by atoms with E-state index >= 15 is 0 Å². The second kappa shape index (κ2) is 5.73. The molecule has 5 fully saturated rings. The van der Waals surface area contributed by atoms with Gasteiger partial charge < -0.3 is 10.3 Å². The molecule has 0 aromatic carbocycles. The number of nitrogens with two attached hydrogens (primary N) is 1. The number of halogens is 6. The van der Waals surface area contributed by atoms with Gasteiger partial charge in [-0.1, -0.05) is 0 Å². The molecule has 0 radical (unpaired) electrons. The van der Waals surface area contributed by atoms with E-state index in [4.69, 9.17) is 5.73 Å². The van der Waals surface area contributed by atoms with Crippen molar-refractivity contribution in [1.82, 2.24) is 19.4 Å². The highest BCUT2D eigenvalue weighted by Gasteiger charge is 2.94. The highest BCUT2D eigenvalue weighted by atomic mass is 19.4. The third-order valence-corrected chi connectivity index (χ3v) is 7.25. The van der Waals surface area contributed by atoms with Gasteiger partial charge in [-0.05, 0) is 24.8 Å². The lowest BCUT2D eigenvalue weighted by atomic mass is 10.1. The van der Waals surface area contributed by atoms with Crippen LogP contribution in [0.15, 0.2) is 18.5 Å². The van der Waals surface area contributed by atoms with Gasteiger partial charge in [0.1, 0.15) is 11.6 Å². The SMILES string of the molecule is Nc1ncc(-c2cn([C@@]34C5[C@H]3[C@H]4CN5CC(F)(F)F)c(CC3CC3)n2)cc1C(F)(F)F. The van der Waals surface area contributed by atoms with Gasteiger partial charge in [0.05, 0.1) is 23.3 Å². The van der Waals surface area contributed by atoms with Crippen LogP contribution in [0.1, 0.15) is 24.2 Å². The summed E-state index contributed by atoms with van der Waals surface area (Å²) in [5.74, 6) is 0.935. The van der Waals surface area contributed by atoms with Crippen LogP contribution in [0.25, 0.3) is 11.3 Å². The van der Waals surface area contributed by atoms with Gasteiger partial charge in [-0.15, -0.1) is 0 Å². The molecule has 1 unspecified atom stereocenters. The molecule has 5 nitrogen and oxygen atoms in total. The Morgan fingerprint density at radius 1 is 1.16 bits per heavy atom. The Morgan fingerprint density at radius 3 is 2.52 bits per heavy atom. The van der Waals surface area contributed by atoms with Crippen molar-refractivity contribution in [3.05, 3.63) is 29.8 Å². The number of hydrogen-bond donors (Lipinski definition) is 1. The molecular weight excluding hydrogens is 424 g/mol. The van der Waals surface area contributed by atoms with Gasteiger partial charge in [0.2, 0.25) is 0 Å². The molecule has 4 atom stereocenters. The zero-order valence-electron chi connectivity index (χ0n) is 16.2. The molecule has 5 aliphatic rings. The van der Waals surface area contributed by atoms with Crippen LogP contribution < -0.4 is 5.73 Å². The van der Waals surface area contributed by atoms with Gasteiger partial charge in [0.25, 0.3) is 0 Å². The predicted octanol–water partition coefficient (Wildman–Crippen LogP) is 3.70. The van der Waals surface area contributed by atoms with Gasteiger partial charge in [0, 0.05) is 48.8 Å². The molecule has 0 spiro atoms. The first-order valence-corrected chi connectivity index (χ1v) is 10.2. The van der Waals surface area contributed by atoms with Crippen LogP contribution in [0.4, 0.5) is 32.2 Å². The fourth-order valence-corrected chi connectivity index (χ4v) is 5.70. The summed E-state index contributed by atoms with van der Waals surface area (Å²) < 4.78 is 80.5. The third-order valence-electron chi connectivity index (χ3n) is 7.25. The number of nitrogen functional groups attached to an aromatic ring is 1. The third kappa shape index (κ3) is 2.81. The van der Waals surface area contributed by atoms with E-state index in [0.717, 1.165) is 24.7 Å². The summed E-state index contributed by atoms with van der Waals surface area (Å²) in [7, 11) is 0. The van der Waals surface area contributed by atoms with Gasteiger partial charge in [-0.3, -0.25) is 4.90 Å². The average molecular weight is 443 g/mol. The maximum Gasteiger partial charge on any atom is 0.419 e. The number of fused-ring (bicyclic) bond motifs is 1. The molecule has 3 saturated carbocycles. The highest BCUT2D eigenvalue weighted by Crippen LogP contribution is 2.83. The fourth-order valence-electron chi connectivity index (χ4n) is 5.70. The van der Waals surface area contributed by atoms with Gasteiger partial charge in [-0.2, -0.15) is 26.3 Å². The molecule has 166 valence electrons. The second-order valence-electron chi connectivity index (χ2n) is 9.22. The summed E-state index contributed by atoms with van der Waals surface area (Å²) in [6, 6.07) is 0.768. The molecule has 2 aromatic heterocycles. The summed E-state index contributed by atoms with van der Waals surface area (Å²) in [5, 5.41) is 0. The topological polar surface area (TPSA) is 60.0 Å². The standard InChI is InChI=1S/C20H19F6N5/c21-18(22,23)8-30-6-12-15-16(30)19(12,15)31-7-13(29-14(31)3-9-1-2-9)10-4-11(20(24,25)26)17(27)28-5-10/h4-5,7,9,12,15-16H,1-3,6,8H2,(H2,27,28)/t12-,15-,16?,19-/m1/s1. The summed E-state index contributed by atoms with van der Waals surface area (Å²) >= 11 is 0. The molecule has 4 heterocycles. The minimum absolute atomic E-state index is 0.148. The number of alkyl halides is 6. The number of hydrogen-bond acceptors (Lipinski definition) is 4. The zero-order chi connectivity index (χ0) is 21.9. The van der Waals surface area contributed by atoms with Gasteiger partial charge in [0.15, 0.2) is 0 Å². The van der Waals surface area contributed by atoms with Gasteiger partial charge >= 0.3 is 12.4 Å². The lowest BCUT2D eigenvalue weighted by Crippen LogP contribution is -2.34. The van der Waals surface area contributed by atoms with Crippen molar-refractivity contribution in [3.63, 3.8) is 0 Å². The number of imidazole rings is 1. The average Bonchev–Trinajstić information content (AvgIpc) is 3.57. The molecule has 2 aliphatic heterocycles. The number of rotatable bonds is 5. The van der Waals surface area contributed by atoms with E-state index in [2.05, 4.69) is 9.97 Å². The quantitative estimate of drug-likeness (QED) is 0.716. The molecule has 11 heteroatoms. The number of aromatic nitrogens is 3. The summed E-state index contributed by atoms with van der Waals surface area (Å²) in [6.07, 6.45) is -3.12. The summed E-state index contributed by atoms with van der Waals surface area (Å²) in [4.78, 5) is 9.80. The number of pyridine rings is 1. The molecule has 31 heavy (non-hydrogen) atoms. The predicted molar refractivity (Wildman–Crippen MR) is 97.7 cm³/mol. The Balaban J connectivity index is 1.36. The Hall–Kier alpha value is -2.30. The van der Waals surface area contributed by atoms with Crippen LogP contribution in [-0.4, -0.2) is 44.7 Å². The minimum Gasteiger partial charge on any atom is -0.383 e. The van der Waals surface area contributed by atoms with Crippen molar-refractivity contribution in [2.45, 2.75) is 43.2 Å². The molecule has 3 aliphatic carbocycles. The monoisotopic (exact) mass is 443 g/mol. The minimum atomic E-state index is -4.64. The molecule has 0 amide bonds. The highest BCUT2D eigenvalue weighted by molar-refractivity contribution is 5.63. The fraction of sp³-hybridized carbons (Fsp3) is 0.600. The Labute approximate surface area is 173 Å². The van der Waals surface area contributed by atoms with Crippen LogP contribution in [0.3, 0.4) is 0 Å². The summed E-state index contributed by atoms with van der Waals surface area (Å²) in [6.45, 7) is -0.532. The largest absolute Gasteiger partial charge is 0.419 e. The number of piperidine rings is 1. The molecular formula is C20H19F6N5. The van der Waals surface area contributed by atoms with Crippen LogP contribution in [0.2, 0.25) is 0 Å². The van der Waals surface area contributed by atoms with Crippen LogP contribution in [-0.2, 0) is 18.1 Å². The molecule has 2 bridgehead atoms. The normalized spacial score (nSPS) is 31.7. The van der Waals surface area contributed by atoms with E-state index in [9.17, 15) is 26.3 Å². The number of anilines is 1. The Bertz CT molecular complexity index is 1060. The lowest BCUT2D eigenvalue weighted by molar-refractivity contribution is -0.144. The van der Waals surface area contributed by atoms with E-state index in [1.165, 1.54) is 11.1 Å². The van der Waals surface area contributed by atoms with E-state index in [-0.39, 0.29) is 29.0 Å². The first kappa shape index (κ1) is 19.4. The van der Waals surface area contributed by atoms with E-state index in [1.807, 2.05) is 4.57 Å². The Morgan fingerprint density at radius 2 is 1.90 bits per heavy atom. The molecule has 2 saturated heterocycles. The van der Waals surface area contributed by atoms with Crippen LogP contribution in [0.5, 0.6) is 0 Å². The van der Waals surface area contributed by atoms with Crippen LogP contribution in [0, 0.1) is 17.8 Å². The van der Waals surface area contributed by atoms with Crippen molar-refractivity contribution in [3.8, 4) is 11.3 Å². The number of nitrogens with zero attached hydrogens (tertiary/aromatic N) is 4. The van der Waals surface area contributed by atoms with E-state index in [1.54, 1.807) is 6.20 Å². The second-order valence-corrected chi connectivity index (χ2v) is 9.22. The first-order chi connectivity index (χ1) is 14.5. The molecule has 7 rings (SSSR count). The van der Waals surface area contributed by atoms with Crippen molar-refractivity contribution in [2.75, 3.05) is 18.8 Å². The molecule has 2 N–H and O–H groups in total. The van der Waals surface area contributed by atoms with Crippen LogP contribution >= 0.6 is 0 Å². The van der Waals surface area contributed by atoms with Crippen molar-refractivity contribution in [1.29, 1.82) is 0 Å². The summed E-state index contributed by atoms with van der Waals surface area (Å²) in [5.41, 5.74) is 4.55. The maximum atomic E-state index is 13.3. The van der Waals surface area contributed by atoms with E-state index in [0.29, 0.717) is 24.6 Å². The van der Waals surface area contributed by atoms with Crippen molar-refractivity contribution in [2.24, 2.45) is 17.8 Å². The maximum absolute atomic E-state index is 13.3. The lowest BCUT2D eigenvalue weighted by Gasteiger charge is -2.19. The van der Waals surface area contributed by atoms with E-state index < -0.39 is 30.3 Å².